The Morgan fingerprint density at radius 2 is 2.50 bits per heavy atom. The second-order valence-corrected chi connectivity index (χ2v) is 3.90. The Hall–Kier alpha value is -1.16. The van der Waals surface area contributed by atoms with Gasteiger partial charge in [-0.05, 0) is 32.5 Å². The van der Waals surface area contributed by atoms with Gasteiger partial charge in [0.2, 0.25) is 0 Å². The molecule has 14 heavy (non-hydrogen) atoms. The van der Waals surface area contributed by atoms with Crippen molar-refractivity contribution < 1.29 is 4.79 Å². The van der Waals surface area contributed by atoms with Crippen molar-refractivity contribution in [2.75, 3.05) is 13.6 Å². The topological polar surface area (TPSA) is 49.0 Å². The highest BCUT2D eigenvalue weighted by atomic mass is 16.1. The lowest BCUT2D eigenvalue weighted by molar-refractivity contribution is 0.101. The number of rotatable bonds is 2. The number of aromatic nitrogens is 2. The number of Topliss-reactive ketones (excluding diaryl/α,β-unsaturated/α-hetero) is 1. The molecule has 1 atom stereocenters. The zero-order valence-corrected chi connectivity index (χ0v) is 8.58. The molecule has 1 saturated heterocycles. The third-order valence-corrected chi connectivity index (χ3v) is 2.84. The van der Waals surface area contributed by atoms with Crippen molar-refractivity contribution in [1.29, 1.82) is 0 Å². The van der Waals surface area contributed by atoms with Crippen LogP contribution >= 0.6 is 0 Å². The van der Waals surface area contributed by atoms with Crippen LogP contribution in [0.4, 0.5) is 0 Å². The van der Waals surface area contributed by atoms with E-state index in [2.05, 4.69) is 22.1 Å². The molecule has 0 spiro atoms. The molecule has 2 rings (SSSR count). The highest BCUT2D eigenvalue weighted by Gasteiger charge is 2.24. The molecule has 0 aliphatic carbocycles. The predicted molar refractivity (Wildman–Crippen MR) is 53.2 cm³/mol. The quantitative estimate of drug-likeness (QED) is 0.722. The van der Waals surface area contributed by atoms with Crippen molar-refractivity contribution in [2.45, 2.75) is 25.8 Å². The summed E-state index contributed by atoms with van der Waals surface area (Å²) in [6.07, 6.45) is 2.37. The summed E-state index contributed by atoms with van der Waals surface area (Å²) < 4.78 is 0. The molecule has 4 heteroatoms. The number of hydrogen-bond donors (Lipinski definition) is 1. The molecule has 1 aromatic heterocycles. The zero-order valence-electron chi connectivity index (χ0n) is 8.58. The molecule has 0 saturated carbocycles. The molecule has 0 amide bonds. The summed E-state index contributed by atoms with van der Waals surface area (Å²) in [7, 11) is 2.10. The van der Waals surface area contributed by atoms with Crippen molar-refractivity contribution in [1.82, 2.24) is 15.1 Å². The minimum absolute atomic E-state index is 0.0214. The Labute approximate surface area is 83.3 Å². The molecule has 1 aliphatic rings. The minimum Gasteiger partial charge on any atom is -0.298 e. The van der Waals surface area contributed by atoms with Gasteiger partial charge in [-0.1, -0.05) is 0 Å². The van der Waals surface area contributed by atoms with Gasteiger partial charge < -0.3 is 0 Å². The molecule has 2 heterocycles. The van der Waals surface area contributed by atoms with Gasteiger partial charge in [0.15, 0.2) is 5.78 Å². The summed E-state index contributed by atoms with van der Waals surface area (Å²) in [6.45, 7) is 2.66. The smallest absolute Gasteiger partial charge is 0.179 e. The van der Waals surface area contributed by atoms with Crippen LogP contribution in [0.15, 0.2) is 6.07 Å². The van der Waals surface area contributed by atoms with Crippen molar-refractivity contribution >= 4 is 5.78 Å². The number of nitrogens with one attached hydrogen (secondary N) is 1. The molecule has 1 unspecified atom stereocenters. The number of aromatic amines is 1. The van der Waals surface area contributed by atoms with Gasteiger partial charge in [0.1, 0.15) is 5.69 Å². The van der Waals surface area contributed by atoms with Gasteiger partial charge in [0.25, 0.3) is 0 Å². The van der Waals surface area contributed by atoms with Crippen LogP contribution in [0.1, 0.15) is 42.0 Å². The fourth-order valence-electron chi connectivity index (χ4n) is 1.99. The largest absolute Gasteiger partial charge is 0.298 e. The first-order chi connectivity index (χ1) is 6.68. The third-order valence-electron chi connectivity index (χ3n) is 2.84. The zero-order chi connectivity index (χ0) is 10.1. The number of carbonyl (C=O) groups is 1. The Kier molecular flexibility index (Phi) is 2.37. The van der Waals surface area contributed by atoms with Gasteiger partial charge in [0, 0.05) is 6.92 Å². The Morgan fingerprint density at radius 3 is 3.00 bits per heavy atom. The summed E-state index contributed by atoms with van der Waals surface area (Å²) in [5.74, 6) is 0.0214. The molecule has 1 aliphatic heterocycles. The van der Waals surface area contributed by atoms with Crippen LogP contribution in [0.5, 0.6) is 0 Å². The first-order valence-corrected chi connectivity index (χ1v) is 4.95. The Bertz CT molecular complexity index is 345. The molecule has 1 aromatic rings. The van der Waals surface area contributed by atoms with E-state index < -0.39 is 0 Å². The molecular formula is C10H15N3O. The average Bonchev–Trinajstić information content (AvgIpc) is 2.71. The van der Waals surface area contributed by atoms with E-state index >= 15 is 0 Å². The van der Waals surface area contributed by atoms with E-state index in [1.165, 1.54) is 13.3 Å². The Balaban J connectivity index is 2.20. The van der Waals surface area contributed by atoms with Crippen LogP contribution in [0, 0.1) is 0 Å². The van der Waals surface area contributed by atoms with Gasteiger partial charge in [-0.15, -0.1) is 0 Å². The molecule has 0 radical (unpaired) electrons. The molecule has 0 aromatic carbocycles. The van der Waals surface area contributed by atoms with Crippen LogP contribution in [0.3, 0.4) is 0 Å². The van der Waals surface area contributed by atoms with E-state index in [0.29, 0.717) is 11.7 Å². The summed E-state index contributed by atoms with van der Waals surface area (Å²) in [5, 5.41) is 6.94. The summed E-state index contributed by atoms with van der Waals surface area (Å²) in [6, 6.07) is 2.28. The maximum absolute atomic E-state index is 11.1. The van der Waals surface area contributed by atoms with Gasteiger partial charge >= 0.3 is 0 Å². The van der Waals surface area contributed by atoms with Gasteiger partial charge in [-0.2, -0.15) is 5.10 Å². The van der Waals surface area contributed by atoms with Crippen LogP contribution in [0.25, 0.3) is 0 Å². The maximum atomic E-state index is 11.1. The van der Waals surface area contributed by atoms with E-state index in [9.17, 15) is 4.79 Å². The SMILES string of the molecule is CC(=O)c1cc(C2CCCN2C)[nH]n1. The monoisotopic (exact) mass is 193 g/mol. The maximum Gasteiger partial charge on any atom is 0.179 e. The van der Waals surface area contributed by atoms with Crippen molar-refractivity contribution in [3.63, 3.8) is 0 Å². The first-order valence-electron chi connectivity index (χ1n) is 4.95. The third kappa shape index (κ3) is 1.57. The van der Waals surface area contributed by atoms with Crippen molar-refractivity contribution in [2.24, 2.45) is 0 Å². The summed E-state index contributed by atoms with van der Waals surface area (Å²) in [4.78, 5) is 13.3. The van der Waals surface area contributed by atoms with E-state index in [4.69, 9.17) is 0 Å². The minimum atomic E-state index is 0.0214. The highest BCUT2D eigenvalue weighted by Crippen LogP contribution is 2.29. The van der Waals surface area contributed by atoms with Gasteiger partial charge in [-0.25, -0.2) is 0 Å². The fourth-order valence-corrected chi connectivity index (χ4v) is 1.99. The second-order valence-electron chi connectivity index (χ2n) is 3.90. The van der Waals surface area contributed by atoms with Crippen LogP contribution in [0.2, 0.25) is 0 Å². The number of H-pyrrole nitrogens is 1. The molecule has 76 valence electrons. The molecule has 4 nitrogen and oxygen atoms in total. The lowest BCUT2D eigenvalue weighted by Crippen LogP contribution is -2.17. The summed E-state index contributed by atoms with van der Waals surface area (Å²) >= 11 is 0. The fraction of sp³-hybridized carbons (Fsp3) is 0.600. The number of likely N-dealkylation sites (tertiary alicyclic amines) is 1. The Morgan fingerprint density at radius 1 is 1.71 bits per heavy atom. The molecule has 0 bridgehead atoms. The highest BCUT2D eigenvalue weighted by molar-refractivity contribution is 5.92. The molecule has 1 N–H and O–H groups in total. The standard InChI is InChI=1S/C10H15N3O/c1-7(14)8-6-9(12-11-8)10-4-3-5-13(10)2/h6,10H,3-5H2,1-2H3,(H,11,12). The molecular weight excluding hydrogens is 178 g/mol. The number of carbonyl (C=O) groups excluding carboxylic acids is 1. The lowest BCUT2D eigenvalue weighted by atomic mass is 10.1. The number of nitrogens with zero attached hydrogens (tertiary/aromatic N) is 2. The first kappa shape index (κ1) is 9.40. The van der Waals surface area contributed by atoms with Crippen molar-refractivity contribution in [3.8, 4) is 0 Å². The van der Waals surface area contributed by atoms with Crippen LogP contribution in [-0.4, -0.2) is 34.5 Å². The van der Waals surface area contributed by atoms with Gasteiger partial charge in [-0.3, -0.25) is 14.8 Å². The average molecular weight is 193 g/mol. The van der Waals surface area contributed by atoms with E-state index in [1.807, 2.05) is 6.07 Å². The van der Waals surface area contributed by atoms with Crippen LogP contribution in [-0.2, 0) is 0 Å². The second kappa shape index (κ2) is 3.53. The van der Waals surface area contributed by atoms with E-state index in [-0.39, 0.29) is 5.78 Å². The number of hydrogen-bond acceptors (Lipinski definition) is 3. The van der Waals surface area contributed by atoms with E-state index in [0.717, 1.165) is 18.7 Å². The number of ketones is 1. The normalized spacial score (nSPS) is 22.9. The van der Waals surface area contributed by atoms with E-state index in [1.54, 1.807) is 0 Å². The predicted octanol–water partition coefficient (Wildman–Crippen LogP) is 1.38. The van der Waals surface area contributed by atoms with Gasteiger partial charge in [0.05, 0.1) is 11.7 Å². The van der Waals surface area contributed by atoms with Crippen LogP contribution < -0.4 is 0 Å². The summed E-state index contributed by atoms with van der Waals surface area (Å²) in [5.41, 5.74) is 1.61. The van der Waals surface area contributed by atoms with Crippen molar-refractivity contribution in [3.05, 3.63) is 17.5 Å². The molecule has 1 fully saturated rings. The lowest BCUT2D eigenvalue weighted by Gasteiger charge is -2.16.